The minimum Gasteiger partial charge on any atom is -0.282 e. The van der Waals surface area contributed by atoms with Gasteiger partial charge < -0.3 is 0 Å². The molecule has 0 spiro atoms. The summed E-state index contributed by atoms with van der Waals surface area (Å²) in [5, 5.41) is 18.4. The van der Waals surface area contributed by atoms with Gasteiger partial charge >= 0.3 is 0 Å². The molecule has 0 N–H and O–H groups in total. The van der Waals surface area contributed by atoms with Crippen LogP contribution in [0.2, 0.25) is 0 Å². The Bertz CT molecular complexity index is 520. The van der Waals surface area contributed by atoms with Crippen molar-refractivity contribution in [3.8, 4) is 6.07 Å². The molecule has 5 nitrogen and oxygen atoms in total. The summed E-state index contributed by atoms with van der Waals surface area (Å²) in [6.45, 7) is 1.88. The lowest BCUT2D eigenvalue weighted by molar-refractivity contribution is 0.740. The number of rotatable bonds is 2. The fourth-order valence-electron chi connectivity index (χ4n) is 1.46. The van der Waals surface area contributed by atoms with Gasteiger partial charge in [-0.3, -0.25) is 5.01 Å². The lowest BCUT2D eigenvalue weighted by Gasteiger charge is -2.20. The second kappa shape index (κ2) is 4.03. The molecule has 0 saturated carbocycles. The van der Waals surface area contributed by atoms with Gasteiger partial charge in [-0.15, -0.1) is 10.2 Å². The van der Waals surface area contributed by atoms with E-state index in [4.69, 9.17) is 5.26 Å². The molecule has 5 heteroatoms. The van der Waals surface area contributed by atoms with Crippen LogP contribution in [0.5, 0.6) is 0 Å². The number of hydrogen-bond donors (Lipinski definition) is 0. The van der Waals surface area contributed by atoms with E-state index in [1.54, 1.807) is 18.5 Å². The van der Waals surface area contributed by atoms with E-state index in [9.17, 15) is 0 Å². The van der Waals surface area contributed by atoms with Gasteiger partial charge in [0.2, 0.25) is 0 Å². The van der Waals surface area contributed by atoms with E-state index in [0.717, 1.165) is 11.5 Å². The minimum absolute atomic E-state index is 0.651. The Balaban J connectivity index is 2.31. The number of aryl methyl sites for hydroxylation is 1. The second-order valence-electron chi connectivity index (χ2n) is 3.41. The van der Waals surface area contributed by atoms with Crippen LogP contribution < -0.4 is 5.01 Å². The molecule has 1 aromatic heterocycles. The highest BCUT2D eigenvalue weighted by Gasteiger charge is 2.05. The average Bonchev–Trinajstić information content (AvgIpc) is 2.75. The number of nitriles is 1. The molecule has 0 aliphatic heterocycles. The summed E-state index contributed by atoms with van der Waals surface area (Å²) < 4.78 is 1.83. The van der Waals surface area contributed by atoms with E-state index in [1.165, 1.54) is 0 Å². The molecule has 0 bridgehead atoms. The van der Waals surface area contributed by atoms with Crippen LogP contribution in [0.1, 0.15) is 11.4 Å². The van der Waals surface area contributed by atoms with Crippen LogP contribution in [-0.4, -0.2) is 21.9 Å². The van der Waals surface area contributed by atoms with Gasteiger partial charge in [0, 0.05) is 7.05 Å². The Morgan fingerprint density at radius 3 is 2.50 bits per heavy atom. The third-order valence-corrected chi connectivity index (χ3v) is 2.39. The Hall–Kier alpha value is -2.35. The quantitative estimate of drug-likeness (QED) is 0.755. The molecule has 80 valence electrons. The predicted octanol–water partition coefficient (Wildman–Crippen LogP) is 1.36. The smallest absolute Gasteiger partial charge is 0.149 e. The van der Waals surface area contributed by atoms with Gasteiger partial charge in [-0.05, 0) is 31.2 Å². The van der Waals surface area contributed by atoms with Crippen LogP contribution in [0.3, 0.4) is 0 Å². The molecule has 16 heavy (non-hydrogen) atoms. The Kier molecular flexibility index (Phi) is 2.56. The van der Waals surface area contributed by atoms with Crippen molar-refractivity contribution in [3.05, 3.63) is 42.0 Å². The number of anilines is 1. The van der Waals surface area contributed by atoms with Crippen LogP contribution in [0.15, 0.2) is 30.6 Å². The van der Waals surface area contributed by atoms with E-state index in [2.05, 4.69) is 16.3 Å². The molecule has 0 atom stereocenters. The van der Waals surface area contributed by atoms with E-state index in [-0.39, 0.29) is 0 Å². The monoisotopic (exact) mass is 213 g/mol. The highest BCUT2D eigenvalue weighted by Crippen LogP contribution is 2.14. The first kappa shape index (κ1) is 10.2. The summed E-state index contributed by atoms with van der Waals surface area (Å²) in [5.74, 6) is 0.812. The summed E-state index contributed by atoms with van der Waals surface area (Å²) in [7, 11) is 1.91. The summed E-state index contributed by atoms with van der Waals surface area (Å²) in [6.07, 6.45) is 1.65. The van der Waals surface area contributed by atoms with Crippen LogP contribution in [-0.2, 0) is 0 Å². The SMILES string of the molecule is Cc1nncn1N(C)c1ccc(C#N)cc1. The Labute approximate surface area is 93.5 Å². The number of hydrogen-bond acceptors (Lipinski definition) is 4. The molecule has 0 amide bonds. The van der Waals surface area contributed by atoms with Gasteiger partial charge in [-0.2, -0.15) is 5.26 Å². The van der Waals surface area contributed by atoms with Gasteiger partial charge in [0.1, 0.15) is 12.2 Å². The molecule has 2 rings (SSSR count). The summed E-state index contributed by atoms with van der Waals surface area (Å²) in [6, 6.07) is 9.43. The molecule has 0 saturated heterocycles. The molecule has 0 fully saturated rings. The van der Waals surface area contributed by atoms with Crippen molar-refractivity contribution in [3.63, 3.8) is 0 Å². The fraction of sp³-hybridized carbons (Fsp3) is 0.182. The van der Waals surface area contributed by atoms with Crippen molar-refractivity contribution < 1.29 is 0 Å². The van der Waals surface area contributed by atoms with Crippen molar-refractivity contribution in [2.75, 3.05) is 12.1 Å². The van der Waals surface area contributed by atoms with Crippen molar-refractivity contribution in [2.45, 2.75) is 6.92 Å². The van der Waals surface area contributed by atoms with Crippen molar-refractivity contribution in [1.82, 2.24) is 14.9 Å². The van der Waals surface area contributed by atoms with E-state index >= 15 is 0 Å². The standard InChI is InChI=1S/C11H11N5/c1-9-14-13-8-16(9)15(2)11-5-3-10(7-12)4-6-11/h3-6,8H,1-2H3. The Morgan fingerprint density at radius 1 is 1.31 bits per heavy atom. The van der Waals surface area contributed by atoms with Gasteiger partial charge in [-0.25, -0.2) is 4.68 Å². The third kappa shape index (κ3) is 1.73. The zero-order chi connectivity index (χ0) is 11.5. The molecule has 0 unspecified atom stereocenters. The van der Waals surface area contributed by atoms with Gasteiger partial charge in [0.05, 0.1) is 17.3 Å². The minimum atomic E-state index is 0.651. The van der Waals surface area contributed by atoms with Gasteiger partial charge in [-0.1, -0.05) is 0 Å². The Morgan fingerprint density at radius 2 is 2.00 bits per heavy atom. The van der Waals surface area contributed by atoms with Crippen LogP contribution >= 0.6 is 0 Å². The van der Waals surface area contributed by atoms with E-state index in [0.29, 0.717) is 5.56 Å². The van der Waals surface area contributed by atoms with E-state index in [1.807, 2.05) is 35.8 Å². The van der Waals surface area contributed by atoms with Crippen molar-refractivity contribution in [1.29, 1.82) is 5.26 Å². The van der Waals surface area contributed by atoms with Crippen LogP contribution in [0.25, 0.3) is 0 Å². The normalized spacial score (nSPS) is 9.81. The topological polar surface area (TPSA) is 57.7 Å². The molecule has 0 aliphatic carbocycles. The lowest BCUT2D eigenvalue weighted by Crippen LogP contribution is -2.24. The zero-order valence-electron chi connectivity index (χ0n) is 9.12. The summed E-state index contributed by atoms with van der Waals surface area (Å²) in [5.41, 5.74) is 1.62. The van der Waals surface area contributed by atoms with E-state index < -0.39 is 0 Å². The number of benzene rings is 1. The van der Waals surface area contributed by atoms with Crippen LogP contribution in [0.4, 0.5) is 5.69 Å². The molecule has 0 radical (unpaired) electrons. The maximum Gasteiger partial charge on any atom is 0.149 e. The molecular weight excluding hydrogens is 202 g/mol. The first-order chi connectivity index (χ1) is 7.72. The molecule has 1 aromatic carbocycles. The molecular formula is C11H11N5. The number of nitrogens with zero attached hydrogens (tertiary/aromatic N) is 5. The van der Waals surface area contributed by atoms with Crippen LogP contribution in [0, 0.1) is 18.3 Å². The third-order valence-electron chi connectivity index (χ3n) is 2.39. The first-order valence-electron chi connectivity index (χ1n) is 4.83. The molecule has 1 heterocycles. The van der Waals surface area contributed by atoms with Crippen molar-refractivity contribution >= 4 is 5.69 Å². The fourth-order valence-corrected chi connectivity index (χ4v) is 1.46. The molecule has 2 aromatic rings. The second-order valence-corrected chi connectivity index (χ2v) is 3.41. The first-order valence-corrected chi connectivity index (χ1v) is 4.83. The maximum atomic E-state index is 8.71. The molecule has 0 aliphatic rings. The summed E-state index contributed by atoms with van der Waals surface area (Å²) in [4.78, 5) is 0. The average molecular weight is 213 g/mol. The summed E-state index contributed by atoms with van der Waals surface area (Å²) >= 11 is 0. The van der Waals surface area contributed by atoms with Gasteiger partial charge in [0.15, 0.2) is 0 Å². The highest BCUT2D eigenvalue weighted by molar-refractivity contribution is 5.48. The zero-order valence-corrected chi connectivity index (χ0v) is 9.12. The predicted molar refractivity (Wildman–Crippen MR) is 59.7 cm³/mol. The van der Waals surface area contributed by atoms with Crippen molar-refractivity contribution in [2.24, 2.45) is 0 Å². The largest absolute Gasteiger partial charge is 0.282 e. The maximum absolute atomic E-state index is 8.71. The van der Waals surface area contributed by atoms with Gasteiger partial charge in [0.25, 0.3) is 0 Å². The highest BCUT2D eigenvalue weighted by atomic mass is 15.6. The lowest BCUT2D eigenvalue weighted by atomic mass is 10.2. The number of aromatic nitrogens is 3.